The summed E-state index contributed by atoms with van der Waals surface area (Å²) in [5.74, 6) is -8.77. The van der Waals surface area contributed by atoms with Crippen molar-refractivity contribution in [1.29, 1.82) is 0 Å². The third-order valence-electron chi connectivity index (χ3n) is 14.1. The lowest BCUT2D eigenvalue weighted by molar-refractivity contribution is -0.168. The van der Waals surface area contributed by atoms with Crippen LogP contribution in [-0.4, -0.2) is 124 Å². The van der Waals surface area contributed by atoms with Crippen molar-refractivity contribution in [2.24, 2.45) is 23.7 Å². The molecule has 3 aromatic rings. The van der Waals surface area contributed by atoms with Crippen LogP contribution in [0.1, 0.15) is 96.3 Å². The molecule has 392 valence electrons. The molecule has 2 aliphatic heterocycles. The number of hydrogen-bond acceptors (Lipinski definition) is 12. The maximum atomic E-state index is 15.1. The summed E-state index contributed by atoms with van der Waals surface area (Å²) >= 11 is 0. The van der Waals surface area contributed by atoms with E-state index in [-0.39, 0.29) is 44.6 Å². The van der Waals surface area contributed by atoms with Crippen LogP contribution in [0.3, 0.4) is 0 Å². The number of hydrogen-bond donors (Lipinski definition) is 5. The van der Waals surface area contributed by atoms with Crippen LogP contribution >= 0.6 is 0 Å². The first-order valence-electron chi connectivity index (χ1n) is 25.3. The van der Waals surface area contributed by atoms with Gasteiger partial charge in [0.2, 0.25) is 29.5 Å². The number of fused-ring (bicyclic) bond motifs is 2. The van der Waals surface area contributed by atoms with Gasteiger partial charge in [0.05, 0.1) is 18.0 Å². The van der Waals surface area contributed by atoms with Crippen molar-refractivity contribution in [3.63, 3.8) is 0 Å². The third kappa shape index (κ3) is 15.1. The molecule has 5 N–H and O–H groups in total. The second-order valence-corrected chi connectivity index (χ2v) is 20.0. The molecule has 1 aliphatic carbocycles. The van der Waals surface area contributed by atoms with E-state index in [1.807, 2.05) is 36.4 Å². The minimum atomic E-state index is -1.42. The molecule has 18 heteroatoms. The Morgan fingerprint density at radius 3 is 1.95 bits per heavy atom. The van der Waals surface area contributed by atoms with E-state index in [4.69, 9.17) is 9.47 Å². The van der Waals surface area contributed by atoms with Crippen molar-refractivity contribution < 1.29 is 57.7 Å². The smallest absolute Gasteiger partial charge is 0.408 e. The molecule has 3 aliphatic rings. The zero-order chi connectivity index (χ0) is 52.9. The van der Waals surface area contributed by atoms with Gasteiger partial charge < -0.3 is 45.6 Å². The Bertz CT molecular complexity index is 2440. The first-order valence-corrected chi connectivity index (χ1v) is 25.3. The standard InChI is InChI=1S/C55H70N6O12/c1-32(2)47-54(70)73-35(5)41(30-44(62)33(3)56-49(65)34(4)57-55(71)72-31-38-20-14-9-15-21-38)50(66)59-48(39-23-24-39)45(63)29-40-25-27-46(64)61(52(40)68)42(26-22-36-16-10-7-11-17-36)53(69)60(6)43(51(67)58-47)28-37-18-12-8-13-19-37/h7-21,32-35,39-43,46-48,64H,22-31H2,1-6H3,(H,56,65)(H,57,71)(H,58,67)(H,59,66)/t33-,34-,35+,40+,41-,42-,43-,46+,47-,48-/m0/s1. The molecule has 2 bridgehead atoms. The van der Waals surface area contributed by atoms with Gasteiger partial charge >= 0.3 is 12.1 Å². The number of Topliss-reactive ketones (excluding diaryl/α,β-unsaturated/α-hetero) is 2. The Morgan fingerprint density at radius 2 is 1.34 bits per heavy atom. The monoisotopic (exact) mass is 1010 g/mol. The summed E-state index contributed by atoms with van der Waals surface area (Å²) in [7, 11) is 1.45. The van der Waals surface area contributed by atoms with E-state index >= 15 is 4.79 Å². The maximum Gasteiger partial charge on any atom is 0.408 e. The molecule has 3 aromatic carbocycles. The number of aliphatic hydroxyl groups is 1. The van der Waals surface area contributed by atoms with Crippen LogP contribution in [0.2, 0.25) is 0 Å². The quantitative estimate of drug-likeness (QED) is 0.136. The minimum Gasteiger partial charge on any atom is -0.460 e. The summed E-state index contributed by atoms with van der Waals surface area (Å²) in [5, 5.41) is 22.2. The molecule has 18 nitrogen and oxygen atoms in total. The number of piperidine rings is 1. The third-order valence-corrected chi connectivity index (χ3v) is 14.1. The first-order chi connectivity index (χ1) is 34.8. The van der Waals surface area contributed by atoms with Crippen LogP contribution in [-0.2, 0) is 67.3 Å². The molecular weight excluding hydrogens is 937 g/mol. The van der Waals surface area contributed by atoms with Crippen LogP contribution in [0, 0.1) is 23.7 Å². The number of ether oxygens (including phenoxy) is 2. The van der Waals surface area contributed by atoms with Gasteiger partial charge in [-0.1, -0.05) is 105 Å². The molecule has 3 fully saturated rings. The zero-order valence-electron chi connectivity index (χ0n) is 42.5. The van der Waals surface area contributed by atoms with Gasteiger partial charge in [0.15, 0.2) is 11.6 Å². The highest BCUT2D eigenvalue weighted by molar-refractivity contribution is 5.98. The number of aliphatic hydroxyl groups excluding tert-OH is 1. The molecule has 6 amide bonds. The summed E-state index contributed by atoms with van der Waals surface area (Å²) in [6.07, 6.45) is -2.74. The summed E-state index contributed by atoms with van der Waals surface area (Å²) in [6.45, 7) is 7.54. The van der Waals surface area contributed by atoms with E-state index in [1.54, 1.807) is 68.4 Å². The van der Waals surface area contributed by atoms with E-state index in [2.05, 4.69) is 21.3 Å². The number of alkyl carbamates (subject to hydrolysis) is 1. The predicted octanol–water partition coefficient (Wildman–Crippen LogP) is 3.95. The van der Waals surface area contributed by atoms with Crippen molar-refractivity contribution in [2.75, 3.05) is 7.05 Å². The normalized spacial score (nSPS) is 25.5. The number of carbonyl (C=O) groups is 9. The van der Waals surface area contributed by atoms with E-state index in [0.717, 1.165) is 16.0 Å². The molecule has 1 saturated carbocycles. The number of cyclic esters (lactones) is 1. The van der Waals surface area contributed by atoms with Crippen LogP contribution in [0.5, 0.6) is 0 Å². The number of carbonyl (C=O) groups excluding carboxylic acids is 9. The second kappa shape index (κ2) is 25.6. The van der Waals surface area contributed by atoms with E-state index < -0.39 is 126 Å². The number of amides is 6. The molecule has 0 spiro atoms. The summed E-state index contributed by atoms with van der Waals surface area (Å²) in [6, 6.07) is 19.9. The Hall–Kier alpha value is -6.95. The molecular formula is C55H70N6O12. The lowest BCUT2D eigenvalue weighted by Crippen LogP contribution is -2.61. The van der Waals surface area contributed by atoms with Crippen LogP contribution in [0.15, 0.2) is 91.0 Å². The highest BCUT2D eigenvalue weighted by Crippen LogP contribution is 2.36. The van der Waals surface area contributed by atoms with Gasteiger partial charge in [0.25, 0.3) is 0 Å². The van der Waals surface area contributed by atoms with Gasteiger partial charge in [-0.3, -0.25) is 33.6 Å². The van der Waals surface area contributed by atoms with Gasteiger partial charge in [-0.25, -0.2) is 9.59 Å². The number of nitrogens with one attached hydrogen (secondary N) is 4. The molecule has 6 rings (SSSR count). The van der Waals surface area contributed by atoms with E-state index in [9.17, 15) is 43.5 Å². The van der Waals surface area contributed by atoms with Crippen molar-refractivity contribution >= 4 is 53.2 Å². The van der Waals surface area contributed by atoms with Gasteiger partial charge in [-0.15, -0.1) is 0 Å². The summed E-state index contributed by atoms with van der Waals surface area (Å²) in [4.78, 5) is 130. The van der Waals surface area contributed by atoms with E-state index in [1.165, 1.54) is 32.7 Å². The summed E-state index contributed by atoms with van der Waals surface area (Å²) in [5.41, 5.74) is 2.29. The number of nitrogens with zero attached hydrogens (tertiary/aromatic N) is 2. The number of rotatable bonds is 15. The highest BCUT2D eigenvalue weighted by Gasteiger charge is 2.47. The number of esters is 1. The fourth-order valence-electron chi connectivity index (χ4n) is 9.38. The average molecular weight is 1010 g/mol. The fourth-order valence-corrected chi connectivity index (χ4v) is 9.38. The minimum absolute atomic E-state index is 0.000962. The molecule has 73 heavy (non-hydrogen) atoms. The van der Waals surface area contributed by atoms with Crippen LogP contribution < -0.4 is 21.3 Å². The molecule has 0 radical (unpaired) electrons. The molecule has 0 unspecified atom stereocenters. The molecule has 2 heterocycles. The van der Waals surface area contributed by atoms with Crippen LogP contribution in [0.25, 0.3) is 0 Å². The Morgan fingerprint density at radius 1 is 0.740 bits per heavy atom. The van der Waals surface area contributed by atoms with Gasteiger partial charge in [-0.2, -0.15) is 0 Å². The Kier molecular flexibility index (Phi) is 19.4. The van der Waals surface area contributed by atoms with Crippen molar-refractivity contribution in [2.45, 2.75) is 148 Å². The molecule has 0 aromatic heterocycles. The van der Waals surface area contributed by atoms with E-state index in [0.29, 0.717) is 24.8 Å². The number of likely N-dealkylation sites (N-methyl/N-ethyl adjacent to an activating group) is 1. The van der Waals surface area contributed by atoms with Crippen molar-refractivity contribution in [3.8, 4) is 0 Å². The number of ketones is 2. The van der Waals surface area contributed by atoms with Gasteiger partial charge in [-0.05, 0) is 87.8 Å². The average Bonchev–Trinajstić information content (AvgIpc) is 4.22. The molecule has 10 atom stereocenters. The second-order valence-electron chi connectivity index (χ2n) is 20.0. The summed E-state index contributed by atoms with van der Waals surface area (Å²) < 4.78 is 11.2. The lowest BCUT2D eigenvalue weighted by atomic mass is 9.86. The van der Waals surface area contributed by atoms with Gasteiger partial charge in [0.1, 0.15) is 43.1 Å². The SMILES string of the molecule is CC(C)[C@@H]1NC(=O)[C@H](Cc2ccccc2)N(C)C(=O)[C@H](CCc2ccccc2)N2C(=O)[C@H](CC[C@H]2O)CC(=O)[C@H](C2CC2)NC(=O)[C@@H](CC(=O)[C@H](C)NC(=O)[C@H](C)NC(=O)OCc2ccccc2)[C@@H](C)OC1=O. The largest absolute Gasteiger partial charge is 0.460 e. The first kappa shape index (κ1) is 55.4. The fraction of sp³-hybridized carbons (Fsp3) is 0.509. The van der Waals surface area contributed by atoms with Crippen LogP contribution in [0.4, 0.5) is 4.79 Å². The highest BCUT2D eigenvalue weighted by atomic mass is 16.6. The van der Waals surface area contributed by atoms with Crippen molar-refractivity contribution in [3.05, 3.63) is 108 Å². The number of aryl methyl sites for hydroxylation is 1. The predicted molar refractivity (Wildman–Crippen MR) is 267 cm³/mol. The topological polar surface area (TPSA) is 247 Å². The zero-order valence-corrected chi connectivity index (χ0v) is 42.5. The lowest BCUT2D eigenvalue weighted by Gasteiger charge is -2.43. The Labute approximate surface area is 426 Å². The maximum absolute atomic E-state index is 15.1. The van der Waals surface area contributed by atoms with Gasteiger partial charge in [0, 0.05) is 32.2 Å². The molecule has 2 saturated heterocycles. The Balaban J connectivity index is 1.30. The number of benzene rings is 3. The van der Waals surface area contributed by atoms with Crippen molar-refractivity contribution in [1.82, 2.24) is 31.1 Å².